The van der Waals surface area contributed by atoms with Crippen LogP contribution in [0.2, 0.25) is 0 Å². The summed E-state index contributed by atoms with van der Waals surface area (Å²) in [7, 11) is 0. The van der Waals surface area contributed by atoms with Gasteiger partial charge in [0.1, 0.15) is 23.7 Å². The predicted octanol–water partition coefficient (Wildman–Crippen LogP) is -0.303. The molecule has 0 bridgehead atoms. The fraction of sp³-hybridized carbons (Fsp3) is 0.714. The molecule has 0 aromatic rings. The summed E-state index contributed by atoms with van der Waals surface area (Å²) in [5.74, 6) is -2.94. The quantitative estimate of drug-likeness (QED) is 0.132. The van der Waals surface area contributed by atoms with E-state index in [1.807, 2.05) is 0 Å². The number of carbonyl (C=O) groups is 6. The van der Waals surface area contributed by atoms with Crippen molar-refractivity contribution in [1.82, 2.24) is 26.6 Å². The van der Waals surface area contributed by atoms with E-state index in [9.17, 15) is 33.9 Å². The zero-order chi connectivity index (χ0) is 27.2. The van der Waals surface area contributed by atoms with Gasteiger partial charge in [-0.3, -0.25) is 19.2 Å². The zero-order valence-corrected chi connectivity index (χ0v) is 21.8. The maximum atomic E-state index is 12.5. The zero-order valence-electron chi connectivity index (χ0n) is 21.0. The molecule has 200 valence electrons. The van der Waals surface area contributed by atoms with Crippen LogP contribution in [0.25, 0.3) is 0 Å². The number of nitrogens with one attached hydrogen (secondary N) is 5. The Morgan fingerprint density at radius 2 is 1.51 bits per heavy atom. The van der Waals surface area contributed by atoms with Crippen molar-refractivity contribution in [1.29, 1.82) is 0 Å². The summed E-state index contributed by atoms with van der Waals surface area (Å²) in [6.07, 6.45) is -0.340. The molecule has 0 aliphatic carbocycles. The fourth-order valence-electron chi connectivity index (χ4n) is 2.50. The molecule has 6 N–H and O–H groups in total. The van der Waals surface area contributed by atoms with Gasteiger partial charge < -0.3 is 36.4 Å². The van der Waals surface area contributed by atoms with Crippen molar-refractivity contribution in [3.63, 3.8) is 0 Å². The van der Waals surface area contributed by atoms with E-state index >= 15 is 0 Å². The van der Waals surface area contributed by atoms with Crippen molar-refractivity contribution in [2.75, 3.05) is 18.2 Å². The maximum Gasteiger partial charge on any atom is 0.407 e. The van der Waals surface area contributed by atoms with E-state index in [2.05, 4.69) is 26.6 Å². The Hall–Kier alpha value is -3.03. The van der Waals surface area contributed by atoms with Crippen LogP contribution in [-0.4, -0.2) is 82.7 Å². The summed E-state index contributed by atoms with van der Waals surface area (Å²) >= 11 is 1.20. The first-order valence-corrected chi connectivity index (χ1v) is 12.2. The molecule has 14 heteroatoms. The highest BCUT2D eigenvalue weighted by molar-refractivity contribution is 7.99. The van der Waals surface area contributed by atoms with Gasteiger partial charge in [-0.25, -0.2) is 9.59 Å². The summed E-state index contributed by atoms with van der Waals surface area (Å²) in [6, 6.07) is -3.28. The van der Waals surface area contributed by atoms with Crippen LogP contribution in [0.15, 0.2) is 0 Å². The molecule has 3 unspecified atom stereocenters. The molecule has 0 fully saturated rings. The van der Waals surface area contributed by atoms with Crippen molar-refractivity contribution in [2.45, 2.75) is 78.1 Å². The first kappa shape index (κ1) is 32.0. The SMILES string of the molecule is CC(=O)NCSCC(NC(C)=O)C(=O)NC(C)C(=O)NC(CCCNC(=O)OC(C)(C)C)C(=O)O. The van der Waals surface area contributed by atoms with E-state index in [0.717, 1.165) is 0 Å². The number of aliphatic carboxylic acids is 1. The van der Waals surface area contributed by atoms with E-state index in [-0.39, 0.29) is 36.9 Å². The topological polar surface area (TPSA) is 192 Å². The lowest BCUT2D eigenvalue weighted by Gasteiger charge is -2.22. The number of hydrogen-bond acceptors (Lipinski definition) is 8. The monoisotopic (exact) mass is 519 g/mol. The van der Waals surface area contributed by atoms with E-state index in [1.165, 1.54) is 32.5 Å². The highest BCUT2D eigenvalue weighted by atomic mass is 32.2. The standard InChI is InChI=1S/C21H37N5O8S/c1-12(24-18(30)16(25-14(3)28)10-35-11-23-13(2)27)17(29)26-15(19(31)32)8-7-9-22-20(33)34-21(4,5)6/h12,15-16H,7-11H2,1-6H3,(H,22,33)(H,23,27)(H,24,30)(H,25,28)(H,26,29)(H,31,32). The van der Waals surface area contributed by atoms with Gasteiger partial charge in [-0.05, 0) is 40.5 Å². The third-order valence-corrected chi connectivity index (χ3v) is 5.02. The lowest BCUT2D eigenvalue weighted by Crippen LogP contribution is -2.55. The number of carboxylic acid groups (broad SMARTS) is 1. The minimum absolute atomic E-state index is 0.0336. The number of amides is 5. The summed E-state index contributed by atoms with van der Waals surface area (Å²) in [5.41, 5.74) is -0.661. The van der Waals surface area contributed by atoms with E-state index in [1.54, 1.807) is 20.8 Å². The molecule has 5 amide bonds. The molecule has 0 aromatic heterocycles. The molecule has 0 saturated carbocycles. The van der Waals surface area contributed by atoms with Crippen LogP contribution in [-0.2, 0) is 28.7 Å². The Kier molecular flexibility index (Phi) is 14.4. The van der Waals surface area contributed by atoms with Crippen LogP contribution >= 0.6 is 11.8 Å². The number of carboxylic acids is 1. The lowest BCUT2D eigenvalue weighted by molar-refractivity contribution is -0.142. The van der Waals surface area contributed by atoms with E-state index < -0.39 is 53.5 Å². The summed E-state index contributed by atoms with van der Waals surface area (Å²) in [5, 5.41) is 21.7. The van der Waals surface area contributed by atoms with Crippen LogP contribution in [0.3, 0.4) is 0 Å². The molecule has 0 radical (unpaired) electrons. The van der Waals surface area contributed by atoms with Crippen LogP contribution in [0.1, 0.15) is 54.4 Å². The van der Waals surface area contributed by atoms with Crippen molar-refractivity contribution in [2.24, 2.45) is 0 Å². The van der Waals surface area contributed by atoms with Crippen LogP contribution in [0.5, 0.6) is 0 Å². The molecule has 0 aliphatic heterocycles. The van der Waals surface area contributed by atoms with Gasteiger partial charge in [-0.15, -0.1) is 11.8 Å². The lowest BCUT2D eigenvalue weighted by atomic mass is 10.1. The molecule has 3 atom stereocenters. The number of thioether (sulfide) groups is 1. The number of rotatable bonds is 14. The molecule has 0 saturated heterocycles. The molecule has 0 spiro atoms. The van der Waals surface area contributed by atoms with E-state index in [0.29, 0.717) is 0 Å². The Balaban J connectivity index is 4.73. The molecule has 0 heterocycles. The second-order valence-electron chi connectivity index (χ2n) is 8.70. The van der Waals surface area contributed by atoms with Gasteiger partial charge in [0.25, 0.3) is 0 Å². The smallest absolute Gasteiger partial charge is 0.407 e. The Morgan fingerprint density at radius 1 is 0.886 bits per heavy atom. The molecule has 13 nitrogen and oxygen atoms in total. The Labute approximate surface area is 209 Å². The molecular weight excluding hydrogens is 482 g/mol. The van der Waals surface area contributed by atoms with Gasteiger partial charge >= 0.3 is 12.1 Å². The van der Waals surface area contributed by atoms with Gasteiger partial charge in [0.05, 0.1) is 5.88 Å². The molecule has 0 rings (SSSR count). The Morgan fingerprint density at radius 3 is 2.03 bits per heavy atom. The average molecular weight is 520 g/mol. The average Bonchev–Trinajstić information content (AvgIpc) is 2.70. The second-order valence-corrected chi connectivity index (χ2v) is 9.73. The first-order valence-electron chi connectivity index (χ1n) is 11.0. The Bertz CT molecular complexity index is 771. The minimum Gasteiger partial charge on any atom is -0.480 e. The van der Waals surface area contributed by atoms with Crippen molar-refractivity contribution < 1.29 is 38.6 Å². The fourth-order valence-corrected chi connectivity index (χ4v) is 3.40. The normalized spacial score (nSPS) is 13.4. The molecular formula is C21H37N5O8S. The number of alkyl carbamates (subject to hydrolysis) is 1. The van der Waals surface area contributed by atoms with Gasteiger partial charge in [0.15, 0.2) is 0 Å². The first-order chi connectivity index (χ1) is 16.1. The van der Waals surface area contributed by atoms with Crippen LogP contribution < -0.4 is 26.6 Å². The van der Waals surface area contributed by atoms with Crippen LogP contribution in [0, 0.1) is 0 Å². The number of hydrogen-bond donors (Lipinski definition) is 6. The highest BCUT2D eigenvalue weighted by Crippen LogP contribution is 2.07. The highest BCUT2D eigenvalue weighted by Gasteiger charge is 2.27. The summed E-state index contributed by atoms with van der Waals surface area (Å²) < 4.78 is 5.09. The van der Waals surface area contributed by atoms with Crippen molar-refractivity contribution >= 4 is 47.5 Å². The number of ether oxygens (including phenoxy) is 1. The van der Waals surface area contributed by atoms with Crippen LogP contribution in [0.4, 0.5) is 4.79 Å². The predicted molar refractivity (Wildman–Crippen MR) is 129 cm³/mol. The summed E-state index contributed by atoms with van der Waals surface area (Å²) in [4.78, 5) is 70.5. The number of carbonyl (C=O) groups excluding carboxylic acids is 5. The van der Waals surface area contributed by atoms with Gasteiger partial charge in [-0.1, -0.05) is 0 Å². The third kappa shape index (κ3) is 16.3. The van der Waals surface area contributed by atoms with Crippen molar-refractivity contribution in [3.05, 3.63) is 0 Å². The molecule has 35 heavy (non-hydrogen) atoms. The second kappa shape index (κ2) is 15.8. The van der Waals surface area contributed by atoms with Gasteiger partial charge in [0, 0.05) is 26.1 Å². The third-order valence-electron chi connectivity index (χ3n) is 4.11. The van der Waals surface area contributed by atoms with Gasteiger partial charge in [-0.2, -0.15) is 0 Å². The molecule has 0 aliphatic rings. The molecule has 0 aromatic carbocycles. The van der Waals surface area contributed by atoms with E-state index in [4.69, 9.17) is 4.74 Å². The minimum atomic E-state index is -1.26. The largest absolute Gasteiger partial charge is 0.480 e. The van der Waals surface area contributed by atoms with Gasteiger partial charge in [0.2, 0.25) is 23.6 Å². The summed E-state index contributed by atoms with van der Waals surface area (Å²) in [6.45, 7) is 9.26. The van der Waals surface area contributed by atoms with Crippen molar-refractivity contribution in [3.8, 4) is 0 Å². The maximum absolute atomic E-state index is 12.5.